The van der Waals surface area contributed by atoms with E-state index in [0.29, 0.717) is 18.8 Å². The Bertz CT molecular complexity index is 352. The molecule has 0 spiro atoms. The van der Waals surface area contributed by atoms with E-state index in [1.54, 1.807) is 0 Å². The predicted molar refractivity (Wildman–Crippen MR) is 61.2 cm³/mol. The molecule has 3 N–H and O–H groups in total. The molecule has 94 valence electrons. The van der Waals surface area contributed by atoms with Crippen molar-refractivity contribution in [2.24, 2.45) is 10.9 Å². The van der Waals surface area contributed by atoms with Crippen LogP contribution in [-0.4, -0.2) is 35.0 Å². The normalized spacial score (nSPS) is 33.3. The van der Waals surface area contributed by atoms with Crippen LogP contribution in [0.25, 0.3) is 0 Å². The van der Waals surface area contributed by atoms with Crippen molar-refractivity contribution in [2.75, 3.05) is 6.54 Å². The van der Waals surface area contributed by atoms with Crippen molar-refractivity contribution in [3.63, 3.8) is 0 Å². The van der Waals surface area contributed by atoms with Gasteiger partial charge in [0.05, 0.1) is 12.1 Å². The van der Waals surface area contributed by atoms with Crippen molar-refractivity contribution in [2.45, 2.75) is 38.2 Å². The second kappa shape index (κ2) is 4.44. The number of amides is 2. The summed E-state index contributed by atoms with van der Waals surface area (Å²) in [6, 6.07) is 0. The topological polar surface area (TPSA) is 90.8 Å². The third-order valence-corrected chi connectivity index (χ3v) is 3.41. The van der Waals surface area contributed by atoms with Gasteiger partial charge >= 0.3 is 11.8 Å². The van der Waals surface area contributed by atoms with Crippen LogP contribution in [0.3, 0.4) is 0 Å². The molecule has 1 saturated heterocycles. The van der Waals surface area contributed by atoms with Crippen molar-refractivity contribution < 1.29 is 14.7 Å². The van der Waals surface area contributed by atoms with E-state index in [4.69, 9.17) is 0 Å². The van der Waals surface area contributed by atoms with E-state index in [1.165, 1.54) is 0 Å². The van der Waals surface area contributed by atoms with Crippen molar-refractivity contribution in [1.82, 2.24) is 10.6 Å². The average molecular weight is 239 g/mol. The zero-order valence-electron chi connectivity index (χ0n) is 9.82. The van der Waals surface area contributed by atoms with E-state index in [0.717, 1.165) is 12.8 Å². The van der Waals surface area contributed by atoms with Crippen LogP contribution in [0.15, 0.2) is 4.99 Å². The number of carbonyl (C=O) groups excluding carboxylic acids is 2. The van der Waals surface area contributed by atoms with Crippen molar-refractivity contribution in [1.29, 1.82) is 0 Å². The lowest BCUT2D eigenvalue weighted by molar-refractivity contribution is -0.135. The second-order valence-electron chi connectivity index (χ2n) is 4.98. The van der Waals surface area contributed by atoms with E-state index >= 15 is 0 Å². The fourth-order valence-electron chi connectivity index (χ4n) is 2.12. The summed E-state index contributed by atoms with van der Waals surface area (Å²) < 4.78 is 0. The summed E-state index contributed by atoms with van der Waals surface area (Å²) in [4.78, 5) is 25.8. The van der Waals surface area contributed by atoms with E-state index in [9.17, 15) is 14.7 Å². The Morgan fingerprint density at radius 3 is 2.35 bits per heavy atom. The van der Waals surface area contributed by atoms with Crippen LogP contribution in [0.5, 0.6) is 0 Å². The smallest absolute Gasteiger partial charge is 0.316 e. The lowest BCUT2D eigenvalue weighted by Crippen LogP contribution is -2.38. The molecule has 0 aromatic carbocycles. The molecule has 0 radical (unpaired) electrons. The van der Waals surface area contributed by atoms with Gasteiger partial charge in [0, 0.05) is 0 Å². The largest absolute Gasteiger partial charge is 0.388 e. The third kappa shape index (κ3) is 2.82. The van der Waals surface area contributed by atoms with Crippen LogP contribution in [0.4, 0.5) is 0 Å². The van der Waals surface area contributed by atoms with E-state index in [-0.39, 0.29) is 12.5 Å². The minimum absolute atomic E-state index is 0.145. The standard InChI is InChI=1S/C11H17N3O3/c1-7-2-4-11(17,5-3-7)6-12-10-13-8(15)9(16)14-10/h7,17H,2-6H2,1H3,(H2,12,13,14,15,16). The molecule has 1 saturated carbocycles. The zero-order valence-corrected chi connectivity index (χ0v) is 9.82. The first-order valence-electron chi connectivity index (χ1n) is 5.88. The van der Waals surface area contributed by atoms with Crippen LogP contribution >= 0.6 is 0 Å². The molecule has 0 aromatic heterocycles. The minimum atomic E-state index is -0.794. The van der Waals surface area contributed by atoms with Gasteiger partial charge in [-0.2, -0.15) is 0 Å². The Hall–Kier alpha value is -1.43. The molecule has 17 heavy (non-hydrogen) atoms. The maximum absolute atomic E-state index is 10.9. The Balaban J connectivity index is 1.91. The molecule has 1 aliphatic heterocycles. The van der Waals surface area contributed by atoms with Crippen molar-refractivity contribution >= 4 is 17.8 Å². The molecule has 2 rings (SSSR count). The highest BCUT2D eigenvalue weighted by atomic mass is 16.3. The molecule has 0 atom stereocenters. The Morgan fingerprint density at radius 2 is 1.82 bits per heavy atom. The molecule has 2 fully saturated rings. The average Bonchev–Trinajstić information content (AvgIpc) is 2.61. The van der Waals surface area contributed by atoms with E-state index in [2.05, 4.69) is 22.5 Å². The zero-order chi connectivity index (χ0) is 12.5. The van der Waals surface area contributed by atoms with Gasteiger partial charge in [0.25, 0.3) is 0 Å². The molecular weight excluding hydrogens is 222 g/mol. The lowest BCUT2D eigenvalue weighted by Gasteiger charge is -2.33. The molecular formula is C11H17N3O3. The summed E-state index contributed by atoms with van der Waals surface area (Å²) in [5.41, 5.74) is -0.794. The van der Waals surface area contributed by atoms with E-state index < -0.39 is 17.4 Å². The summed E-state index contributed by atoms with van der Waals surface area (Å²) in [6.07, 6.45) is 3.40. The number of nitrogens with one attached hydrogen (secondary N) is 2. The predicted octanol–water partition coefficient (Wildman–Crippen LogP) is -0.470. The molecule has 0 bridgehead atoms. The lowest BCUT2D eigenvalue weighted by atomic mass is 9.80. The van der Waals surface area contributed by atoms with E-state index in [1.807, 2.05) is 0 Å². The van der Waals surface area contributed by atoms with Crippen molar-refractivity contribution in [3.05, 3.63) is 0 Å². The Kier molecular flexibility index (Phi) is 3.15. The maximum Gasteiger partial charge on any atom is 0.316 e. The first-order chi connectivity index (χ1) is 7.98. The van der Waals surface area contributed by atoms with Gasteiger partial charge in [-0.3, -0.25) is 20.2 Å². The number of aliphatic hydroxyl groups is 1. The molecule has 1 aliphatic carbocycles. The SMILES string of the molecule is CC1CCC(O)(CN=C2NC(=O)C(=O)N2)CC1. The first kappa shape index (κ1) is 12.0. The number of carbonyl (C=O) groups is 2. The summed E-state index contributed by atoms with van der Waals surface area (Å²) in [7, 11) is 0. The number of aliphatic imine (C=N–C) groups is 1. The van der Waals surface area contributed by atoms with Gasteiger partial charge in [-0.1, -0.05) is 6.92 Å². The maximum atomic E-state index is 10.9. The van der Waals surface area contributed by atoms with Crippen molar-refractivity contribution in [3.8, 4) is 0 Å². The highest BCUT2D eigenvalue weighted by Gasteiger charge is 2.32. The quantitative estimate of drug-likeness (QED) is 0.569. The fraction of sp³-hybridized carbons (Fsp3) is 0.727. The number of nitrogens with zero attached hydrogens (tertiary/aromatic N) is 1. The summed E-state index contributed by atoms with van der Waals surface area (Å²) >= 11 is 0. The van der Waals surface area contributed by atoms with Crippen LogP contribution in [0, 0.1) is 5.92 Å². The number of rotatable bonds is 2. The van der Waals surface area contributed by atoms with Gasteiger partial charge in [-0.25, -0.2) is 4.99 Å². The van der Waals surface area contributed by atoms with Gasteiger partial charge in [0.2, 0.25) is 5.96 Å². The second-order valence-corrected chi connectivity index (χ2v) is 4.98. The third-order valence-electron chi connectivity index (χ3n) is 3.41. The minimum Gasteiger partial charge on any atom is -0.388 e. The van der Waals surface area contributed by atoms with Crippen LogP contribution < -0.4 is 10.6 Å². The van der Waals surface area contributed by atoms with Gasteiger partial charge in [-0.05, 0) is 31.6 Å². The Morgan fingerprint density at radius 1 is 1.29 bits per heavy atom. The number of hydrogen-bond acceptors (Lipinski definition) is 4. The first-order valence-corrected chi connectivity index (χ1v) is 5.88. The molecule has 0 aromatic rings. The highest BCUT2D eigenvalue weighted by molar-refractivity contribution is 6.45. The van der Waals surface area contributed by atoms with Crippen LogP contribution in [0.1, 0.15) is 32.6 Å². The number of guanidine groups is 1. The molecule has 6 heteroatoms. The molecule has 2 amide bonds. The van der Waals surface area contributed by atoms with Gasteiger partial charge in [0.1, 0.15) is 0 Å². The monoisotopic (exact) mass is 239 g/mol. The van der Waals surface area contributed by atoms with Gasteiger partial charge in [0.15, 0.2) is 0 Å². The Labute approximate surface area is 99.5 Å². The molecule has 1 heterocycles. The molecule has 6 nitrogen and oxygen atoms in total. The summed E-state index contributed by atoms with van der Waals surface area (Å²) in [5.74, 6) is -0.609. The summed E-state index contributed by atoms with van der Waals surface area (Å²) in [6.45, 7) is 2.39. The molecule has 2 aliphatic rings. The molecule has 0 unspecified atom stereocenters. The van der Waals surface area contributed by atoms with Gasteiger partial charge < -0.3 is 5.11 Å². The number of hydrogen-bond donors (Lipinski definition) is 3. The van der Waals surface area contributed by atoms with Crippen LogP contribution in [0.2, 0.25) is 0 Å². The van der Waals surface area contributed by atoms with Gasteiger partial charge in [-0.15, -0.1) is 0 Å². The van der Waals surface area contributed by atoms with Crippen LogP contribution in [-0.2, 0) is 9.59 Å². The fourth-order valence-corrected chi connectivity index (χ4v) is 2.12. The summed E-state index contributed by atoms with van der Waals surface area (Å²) in [5, 5.41) is 14.9. The highest BCUT2D eigenvalue weighted by Crippen LogP contribution is 2.31.